The van der Waals surface area contributed by atoms with Gasteiger partial charge in [-0.25, -0.2) is 0 Å². The van der Waals surface area contributed by atoms with E-state index in [1.807, 2.05) is 30.3 Å². The van der Waals surface area contributed by atoms with E-state index in [2.05, 4.69) is 10.2 Å². The molecule has 1 fully saturated rings. The van der Waals surface area contributed by atoms with E-state index in [9.17, 15) is 9.59 Å². The minimum absolute atomic E-state index is 0.223. The van der Waals surface area contributed by atoms with Gasteiger partial charge in [0.2, 0.25) is 0 Å². The zero-order valence-electron chi connectivity index (χ0n) is 19.0. The number of rotatable bonds is 9. The summed E-state index contributed by atoms with van der Waals surface area (Å²) in [6.45, 7) is 4.31. The van der Waals surface area contributed by atoms with E-state index < -0.39 is 0 Å². The van der Waals surface area contributed by atoms with Crippen molar-refractivity contribution < 1.29 is 23.8 Å². The molecule has 2 aromatic carbocycles. The molecule has 8 nitrogen and oxygen atoms in total. The summed E-state index contributed by atoms with van der Waals surface area (Å²) >= 11 is 0. The molecule has 2 amide bonds. The van der Waals surface area contributed by atoms with Crippen molar-refractivity contribution >= 4 is 23.1 Å². The van der Waals surface area contributed by atoms with Crippen LogP contribution in [0, 0.1) is 0 Å². The number of morpholine rings is 1. The van der Waals surface area contributed by atoms with E-state index in [1.165, 1.54) is 4.90 Å². The van der Waals surface area contributed by atoms with Crippen molar-refractivity contribution in [2.24, 2.45) is 0 Å². The number of imide groups is 1. The molecule has 174 valence electrons. The first-order valence-corrected chi connectivity index (χ1v) is 11.1. The largest absolute Gasteiger partial charge is 0.496 e. The summed E-state index contributed by atoms with van der Waals surface area (Å²) < 4.78 is 16.3. The minimum atomic E-state index is -0.353. The molecular weight excluding hydrogens is 422 g/mol. The molecule has 0 aromatic heterocycles. The minimum Gasteiger partial charge on any atom is -0.496 e. The Balaban J connectivity index is 1.63. The maximum Gasteiger partial charge on any atom is 0.278 e. The second kappa shape index (κ2) is 10.5. The maximum absolute atomic E-state index is 13.5. The normalized spacial score (nSPS) is 17.0. The van der Waals surface area contributed by atoms with Crippen molar-refractivity contribution in [1.29, 1.82) is 0 Å². The molecule has 1 saturated heterocycles. The average Bonchev–Trinajstić information content (AvgIpc) is 3.09. The molecule has 0 spiro atoms. The molecule has 4 rings (SSSR count). The fraction of sp³-hybridized carbons (Fsp3) is 0.360. The van der Waals surface area contributed by atoms with E-state index in [-0.39, 0.29) is 17.5 Å². The van der Waals surface area contributed by atoms with Gasteiger partial charge >= 0.3 is 0 Å². The molecule has 2 aromatic rings. The summed E-state index contributed by atoms with van der Waals surface area (Å²) in [5.74, 6) is 0.427. The van der Waals surface area contributed by atoms with Crippen LogP contribution in [0.4, 0.5) is 5.69 Å². The lowest BCUT2D eigenvalue weighted by atomic mass is 10.0. The summed E-state index contributed by atoms with van der Waals surface area (Å²) in [5, 5.41) is 3.17. The first-order chi connectivity index (χ1) is 16.1. The van der Waals surface area contributed by atoms with Crippen LogP contribution >= 0.6 is 0 Å². The number of nitrogens with one attached hydrogen (secondary N) is 1. The zero-order chi connectivity index (χ0) is 23.2. The quantitative estimate of drug-likeness (QED) is 0.587. The molecule has 0 atom stereocenters. The van der Waals surface area contributed by atoms with Gasteiger partial charge in [-0.3, -0.25) is 19.4 Å². The van der Waals surface area contributed by atoms with Crippen molar-refractivity contribution in [2.75, 3.05) is 58.9 Å². The van der Waals surface area contributed by atoms with Gasteiger partial charge in [0.1, 0.15) is 17.2 Å². The Morgan fingerprint density at radius 1 is 0.879 bits per heavy atom. The summed E-state index contributed by atoms with van der Waals surface area (Å²) in [5.41, 5.74) is 1.71. The Bertz CT molecular complexity index is 1050. The van der Waals surface area contributed by atoms with Crippen LogP contribution < -0.4 is 14.8 Å². The number of ether oxygens (including phenoxy) is 3. The van der Waals surface area contributed by atoms with Crippen molar-refractivity contribution in [1.82, 2.24) is 9.80 Å². The summed E-state index contributed by atoms with van der Waals surface area (Å²) in [4.78, 5) is 30.6. The third kappa shape index (κ3) is 4.86. The van der Waals surface area contributed by atoms with Gasteiger partial charge in [-0.05, 0) is 24.6 Å². The number of benzene rings is 2. The Labute approximate surface area is 193 Å². The predicted molar refractivity (Wildman–Crippen MR) is 125 cm³/mol. The third-order valence-corrected chi connectivity index (χ3v) is 5.87. The second-order valence-electron chi connectivity index (χ2n) is 7.85. The zero-order valence-corrected chi connectivity index (χ0v) is 19.0. The van der Waals surface area contributed by atoms with Crippen LogP contribution in [-0.4, -0.2) is 75.2 Å². The van der Waals surface area contributed by atoms with Crippen molar-refractivity contribution in [3.8, 4) is 11.5 Å². The van der Waals surface area contributed by atoms with E-state index in [1.54, 1.807) is 32.4 Å². The van der Waals surface area contributed by atoms with Crippen molar-refractivity contribution in [3.63, 3.8) is 0 Å². The molecule has 0 unspecified atom stereocenters. The van der Waals surface area contributed by atoms with Crippen LogP contribution in [-0.2, 0) is 14.3 Å². The van der Waals surface area contributed by atoms with Crippen LogP contribution in [0.1, 0.15) is 12.0 Å². The highest BCUT2D eigenvalue weighted by molar-refractivity contribution is 6.37. The number of amides is 2. The Kier molecular flexibility index (Phi) is 7.26. The van der Waals surface area contributed by atoms with Crippen LogP contribution in [0.15, 0.2) is 54.2 Å². The lowest BCUT2D eigenvalue weighted by molar-refractivity contribution is -0.136. The van der Waals surface area contributed by atoms with Crippen molar-refractivity contribution in [3.05, 3.63) is 59.8 Å². The number of methoxy groups -OCH3 is 2. The Morgan fingerprint density at radius 3 is 2.27 bits per heavy atom. The fourth-order valence-electron chi connectivity index (χ4n) is 4.16. The molecule has 0 bridgehead atoms. The smallest absolute Gasteiger partial charge is 0.278 e. The van der Waals surface area contributed by atoms with Gasteiger partial charge < -0.3 is 19.5 Å². The second-order valence-corrected chi connectivity index (χ2v) is 7.85. The third-order valence-electron chi connectivity index (χ3n) is 5.87. The van der Waals surface area contributed by atoms with Gasteiger partial charge in [0.15, 0.2) is 0 Å². The van der Waals surface area contributed by atoms with E-state index in [4.69, 9.17) is 14.2 Å². The number of hydrogen-bond donors (Lipinski definition) is 1. The van der Waals surface area contributed by atoms with Gasteiger partial charge in [0.25, 0.3) is 11.8 Å². The summed E-state index contributed by atoms with van der Waals surface area (Å²) in [6.07, 6.45) is 0.693. The molecule has 2 aliphatic rings. The van der Waals surface area contributed by atoms with Gasteiger partial charge in [0, 0.05) is 31.7 Å². The molecule has 2 heterocycles. The first kappa shape index (κ1) is 22.8. The first-order valence-electron chi connectivity index (χ1n) is 11.1. The summed E-state index contributed by atoms with van der Waals surface area (Å²) in [7, 11) is 3.11. The Morgan fingerprint density at radius 2 is 1.55 bits per heavy atom. The highest BCUT2D eigenvalue weighted by atomic mass is 16.5. The number of para-hydroxylation sites is 3. The Hall–Kier alpha value is -3.36. The van der Waals surface area contributed by atoms with Crippen LogP contribution in [0.5, 0.6) is 11.5 Å². The van der Waals surface area contributed by atoms with Gasteiger partial charge in [0.05, 0.1) is 38.7 Å². The van der Waals surface area contributed by atoms with Gasteiger partial charge in [-0.2, -0.15) is 0 Å². The van der Waals surface area contributed by atoms with Gasteiger partial charge in [-0.1, -0.05) is 30.3 Å². The fourth-order valence-corrected chi connectivity index (χ4v) is 4.16. The van der Waals surface area contributed by atoms with Gasteiger partial charge in [-0.15, -0.1) is 0 Å². The molecule has 0 saturated carbocycles. The highest BCUT2D eigenvalue weighted by Gasteiger charge is 2.40. The lowest BCUT2D eigenvalue weighted by Gasteiger charge is -2.27. The standard InChI is InChI=1S/C25H29N3O5/c1-31-20-10-5-3-8-18(20)22-23(26-19-9-4-6-11-21(19)32-2)25(30)28(24(22)29)13-7-12-27-14-16-33-17-15-27/h3-6,8-11,26H,7,12-17H2,1-2H3. The SMILES string of the molecule is COc1ccccc1NC1=C(c2ccccc2OC)C(=O)N(CCCN2CCOCC2)C1=O. The topological polar surface area (TPSA) is 80.3 Å². The monoisotopic (exact) mass is 451 g/mol. The summed E-state index contributed by atoms with van der Waals surface area (Å²) in [6, 6.07) is 14.5. The maximum atomic E-state index is 13.5. The number of anilines is 1. The highest BCUT2D eigenvalue weighted by Crippen LogP contribution is 2.36. The predicted octanol–water partition coefficient (Wildman–Crippen LogP) is 2.62. The van der Waals surface area contributed by atoms with Crippen LogP contribution in [0.2, 0.25) is 0 Å². The number of carbonyl (C=O) groups is 2. The van der Waals surface area contributed by atoms with E-state index >= 15 is 0 Å². The molecule has 8 heteroatoms. The lowest BCUT2D eigenvalue weighted by Crippen LogP contribution is -2.39. The van der Waals surface area contributed by atoms with E-state index in [0.29, 0.717) is 54.5 Å². The number of carbonyl (C=O) groups excluding carboxylic acids is 2. The molecule has 33 heavy (non-hydrogen) atoms. The number of nitrogens with zero attached hydrogens (tertiary/aromatic N) is 2. The van der Waals surface area contributed by atoms with E-state index in [0.717, 1.165) is 19.6 Å². The van der Waals surface area contributed by atoms with Crippen LogP contribution in [0.25, 0.3) is 5.57 Å². The van der Waals surface area contributed by atoms with Crippen molar-refractivity contribution in [2.45, 2.75) is 6.42 Å². The molecule has 1 N–H and O–H groups in total. The molecule has 0 radical (unpaired) electrons. The average molecular weight is 452 g/mol. The van der Waals surface area contributed by atoms with Crippen LogP contribution in [0.3, 0.4) is 0 Å². The molecule has 2 aliphatic heterocycles. The molecular formula is C25H29N3O5. The molecule has 0 aliphatic carbocycles. The number of hydrogen-bond acceptors (Lipinski definition) is 7.